The lowest BCUT2D eigenvalue weighted by atomic mass is 10.1. The molecule has 2 aromatic heterocycles. The smallest absolute Gasteiger partial charge is 0.259 e. The lowest BCUT2D eigenvalue weighted by Gasteiger charge is -2.18. The van der Waals surface area contributed by atoms with E-state index in [1.54, 1.807) is 12.1 Å². The van der Waals surface area contributed by atoms with Crippen LogP contribution in [0.2, 0.25) is 10.0 Å². The number of nitrogens with one attached hydrogen (secondary N) is 2. The number of benzene rings is 1. The fourth-order valence-electron chi connectivity index (χ4n) is 2.84. The van der Waals surface area contributed by atoms with Gasteiger partial charge in [-0.15, -0.1) is 23.1 Å². The van der Waals surface area contributed by atoms with Crippen LogP contribution in [0.1, 0.15) is 41.7 Å². The van der Waals surface area contributed by atoms with Gasteiger partial charge in [-0.05, 0) is 51.0 Å². The van der Waals surface area contributed by atoms with E-state index in [1.165, 1.54) is 23.1 Å². The Morgan fingerprint density at radius 3 is 2.69 bits per heavy atom. The van der Waals surface area contributed by atoms with E-state index in [9.17, 15) is 9.59 Å². The summed E-state index contributed by atoms with van der Waals surface area (Å²) >= 11 is 14.9. The Hall–Kier alpha value is -1.54. The van der Waals surface area contributed by atoms with Gasteiger partial charge in [0.05, 0.1) is 32.5 Å². The SMILES string of the molecule is Cc1sc2nc(CSC(C)C(=O)NC(C)c3ccc(Cl)c(Cl)c3)[nH]c(=O)c2c1C. The van der Waals surface area contributed by atoms with Gasteiger partial charge in [-0.1, -0.05) is 29.3 Å². The maximum absolute atomic E-state index is 12.5. The molecule has 2 unspecified atom stereocenters. The third-order valence-electron chi connectivity index (χ3n) is 4.73. The maximum Gasteiger partial charge on any atom is 0.259 e. The summed E-state index contributed by atoms with van der Waals surface area (Å²) in [7, 11) is 0. The summed E-state index contributed by atoms with van der Waals surface area (Å²) in [5, 5.41) is 4.26. The van der Waals surface area contributed by atoms with Crippen molar-refractivity contribution in [3.63, 3.8) is 0 Å². The van der Waals surface area contributed by atoms with E-state index in [2.05, 4.69) is 15.3 Å². The van der Waals surface area contributed by atoms with Crippen molar-refractivity contribution < 1.29 is 4.79 Å². The quantitative estimate of drug-likeness (QED) is 0.506. The molecule has 2 atom stereocenters. The van der Waals surface area contributed by atoms with Gasteiger partial charge in [0.25, 0.3) is 5.56 Å². The number of aryl methyl sites for hydroxylation is 2. The molecule has 2 heterocycles. The normalized spacial score (nSPS) is 13.4. The van der Waals surface area contributed by atoms with Gasteiger partial charge in [0.15, 0.2) is 0 Å². The summed E-state index contributed by atoms with van der Waals surface area (Å²) in [6, 6.07) is 5.10. The van der Waals surface area contributed by atoms with Crippen molar-refractivity contribution in [1.29, 1.82) is 0 Å². The highest BCUT2D eigenvalue weighted by Gasteiger charge is 2.18. The van der Waals surface area contributed by atoms with Crippen molar-refractivity contribution >= 4 is 62.4 Å². The summed E-state index contributed by atoms with van der Waals surface area (Å²) in [5.74, 6) is 0.919. The highest BCUT2D eigenvalue weighted by molar-refractivity contribution is 7.99. The molecule has 0 saturated heterocycles. The molecule has 0 aliphatic heterocycles. The number of thiophene rings is 1. The molecule has 3 rings (SSSR count). The second kappa shape index (κ2) is 9.08. The number of hydrogen-bond donors (Lipinski definition) is 2. The van der Waals surface area contributed by atoms with E-state index < -0.39 is 0 Å². The number of thioether (sulfide) groups is 1. The number of aromatic amines is 1. The molecule has 154 valence electrons. The van der Waals surface area contributed by atoms with Crippen LogP contribution < -0.4 is 10.9 Å². The van der Waals surface area contributed by atoms with Crippen molar-refractivity contribution in [1.82, 2.24) is 15.3 Å². The number of carbonyl (C=O) groups is 1. The molecule has 0 saturated carbocycles. The minimum absolute atomic E-state index is 0.0974. The number of rotatable bonds is 6. The van der Waals surface area contributed by atoms with Crippen LogP contribution in [0.25, 0.3) is 10.2 Å². The minimum atomic E-state index is -0.312. The van der Waals surface area contributed by atoms with Gasteiger partial charge in [0, 0.05) is 4.88 Å². The summed E-state index contributed by atoms with van der Waals surface area (Å²) in [6.07, 6.45) is 0. The van der Waals surface area contributed by atoms with Crippen LogP contribution in [-0.4, -0.2) is 21.1 Å². The number of hydrogen-bond acceptors (Lipinski definition) is 5. The molecule has 9 heteroatoms. The third-order valence-corrected chi connectivity index (χ3v) is 7.72. The zero-order chi connectivity index (χ0) is 21.3. The van der Waals surface area contributed by atoms with E-state index in [1.807, 2.05) is 33.8 Å². The van der Waals surface area contributed by atoms with Crippen molar-refractivity contribution in [3.8, 4) is 0 Å². The van der Waals surface area contributed by atoms with Crippen molar-refractivity contribution in [3.05, 3.63) is 60.4 Å². The fraction of sp³-hybridized carbons (Fsp3) is 0.350. The third kappa shape index (κ3) is 4.97. The summed E-state index contributed by atoms with van der Waals surface area (Å²) in [6.45, 7) is 7.64. The number of nitrogens with zero attached hydrogens (tertiary/aromatic N) is 1. The highest BCUT2D eigenvalue weighted by atomic mass is 35.5. The predicted molar refractivity (Wildman–Crippen MR) is 123 cm³/mol. The molecule has 1 aromatic carbocycles. The van der Waals surface area contributed by atoms with Crippen LogP contribution in [0.5, 0.6) is 0 Å². The minimum Gasteiger partial charge on any atom is -0.349 e. The Labute approximate surface area is 187 Å². The Morgan fingerprint density at radius 1 is 1.28 bits per heavy atom. The molecular weight excluding hydrogens is 449 g/mol. The van der Waals surface area contributed by atoms with E-state index in [0.29, 0.717) is 27.0 Å². The Morgan fingerprint density at radius 2 is 2.00 bits per heavy atom. The highest BCUT2D eigenvalue weighted by Crippen LogP contribution is 2.27. The Balaban J connectivity index is 1.63. The molecule has 0 spiro atoms. The molecule has 29 heavy (non-hydrogen) atoms. The van der Waals surface area contributed by atoms with Gasteiger partial charge in [0.1, 0.15) is 10.7 Å². The first kappa shape index (κ1) is 22.2. The molecular formula is C20H21Cl2N3O2S2. The molecule has 1 amide bonds. The maximum atomic E-state index is 12.5. The first-order valence-corrected chi connectivity index (χ1v) is 11.6. The zero-order valence-corrected chi connectivity index (χ0v) is 19.6. The monoisotopic (exact) mass is 469 g/mol. The van der Waals surface area contributed by atoms with Crippen molar-refractivity contribution in [2.75, 3.05) is 0 Å². The van der Waals surface area contributed by atoms with Crippen LogP contribution in [-0.2, 0) is 10.5 Å². The van der Waals surface area contributed by atoms with Gasteiger partial charge in [-0.2, -0.15) is 0 Å². The molecule has 0 radical (unpaired) electrons. The van der Waals surface area contributed by atoms with Crippen LogP contribution in [0.15, 0.2) is 23.0 Å². The second-order valence-corrected chi connectivity index (χ2v) is 10.2. The Bertz CT molecular complexity index is 1130. The molecule has 0 aliphatic carbocycles. The summed E-state index contributed by atoms with van der Waals surface area (Å²) in [4.78, 5) is 34.1. The van der Waals surface area contributed by atoms with Gasteiger partial charge < -0.3 is 10.3 Å². The molecule has 0 bridgehead atoms. The van der Waals surface area contributed by atoms with Crippen molar-refractivity contribution in [2.24, 2.45) is 0 Å². The molecule has 0 fully saturated rings. The summed E-state index contributed by atoms with van der Waals surface area (Å²) in [5.41, 5.74) is 1.73. The van der Waals surface area contributed by atoms with Crippen molar-refractivity contribution in [2.45, 2.75) is 44.7 Å². The number of halogens is 2. The van der Waals surface area contributed by atoms with Gasteiger partial charge in [-0.3, -0.25) is 9.59 Å². The van der Waals surface area contributed by atoms with E-state index in [4.69, 9.17) is 23.2 Å². The first-order chi connectivity index (χ1) is 13.7. The molecule has 0 aliphatic rings. The number of fused-ring (bicyclic) bond motifs is 1. The lowest BCUT2D eigenvalue weighted by Crippen LogP contribution is -2.33. The molecule has 3 aromatic rings. The Kier molecular flexibility index (Phi) is 6.94. The van der Waals surface area contributed by atoms with Crippen LogP contribution in [0.3, 0.4) is 0 Å². The van der Waals surface area contributed by atoms with Crippen LogP contribution >= 0.6 is 46.3 Å². The van der Waals surface area contributed by atoms with Crippen LogP contribution in [0, 0.1) is 13.8 Å². The standard InChI is InChI=1S/C20H21Cl2N3O2S2/c1-9-11(3)29-20-17(9)19(27)24-16(25-20)8-28-12(4)18(26)23-10(2)13-5-6-14(21)15(22)7-13/h5-7,10,12H,8H2,1-4H3,(H,23,26)(H,24,25,27). The van der Waals surface area contributed by atoms with E-state index >= 15 is 0 Å². The van der Waals surface area contributed by atoms with E-state index in [-0.39, 0.29) is 22.8 Å². The van der Waals surface area contributed by atoms with Gasteiger partial charge >= 0.3 is 0 Å². The lowest BCUT2D eigenvalue weighted by molar-refractivity contribution is -0.120. The fourth-order valence-corrected chi connectivity index (χ4v) is 4.96. The van der Waals surface area contributed by atoms with Gasteiger partial charge in [-0.25, -0.2) is 4.98 Å². The first-order valence-electron chi connectivity index (χ1n) is 9.03. The average Bonchev–Trinajstić information content (AvgIpc) is 2.96. The van der Waals surface area contributed by atoms with Crippen LogP contribution in [0.4, 0.5) is 0 Å². The molecule has 5 nitrogen and oxygen atoms in total. The van der Waals surface area contributed by atoms with Gasteiger partial charge in [0.2, 0.25) is 5.91 Å². The zero-order valence-electron chi connectivity index (χ0n) is 16.4. The number of aromatic nitrogens is 2. The summed E-state index contributed by atoms with van der Waals surface area (Å²) < 4.78 is 0. The predicted octanol–water partition coefficient (Wildman–Crippen LogP) is 5.41. The number of amides is 1. The topological polar surface area (TPSA) is 74.8 Å². The number of carbonyl (C=O) groups excluding carboxylic acids is 1. The second-order valence-electron chi connectivity index (χ2n) is 6.83. The average molecular weight is 470 g/mol. The molecule has 2 N–H and O–H groups in total. The number of H-pyrrole nitrogens is 1. The largest absolute Gasteiger partial charge is 0.349 e. The van der Waals surface area contributed by atoms with E-state index in [0.717, 1.165) is 20.8 Å².